The first-order valence-corrected chi connectivity index (χ1v) is 17.1. The lowest BCUT2D eigenvalue weighted by Gasteiger charge is -2.38. The maximum Gasteiger partial charge on any atom is 0.312 e. The molecule has 3 aliphatic rings. The number of ether oxygens (including phenoxy) is 4. The van der Waals surface area contributed by atoms with E-state index in [0.717, 1.165) is 0 Å². The Morgan fingerprint density at radius 2 is 1.62 bits per heavy atom. The maximum atomic E-state index is 14.1. The van der Waals surface area contributed by atoms with Gasteiger partial charge in [0.05, 0.1) is 41.2 Å². The van der Waals surface area contributed by atoms with Crippen LogP contribution in [-0.4, -0.2) is 80.5 Å². The lowest BCUT2D eigenvalue weighted by Crippen LogP contribution is -2.46. The number of ketones is 1. The maximum absolute atomic E-state index is 14.1. The third-order valence-electron chi connectivity index (χ3n) is 10.3. The molecular formula is C38H50N2O12. The Balaban J connectivity index is 1.93. The third kappa shape index (κ3) is 7.20. The number of methoxy groups -OCH3 is 1. The van der Waals surface area contributed by atoms with Crippen LogP contribution in [0.5, 0.6) is 23.0 Å². The van der Waals surface area contributed by atoms with Gasteiger partial charge in [-0.15, -0.1) is 0 Å². The topological polar surface area (TPSA) is 227 Å². The third-order valence-corrected chi connectivity index (χ3v) is 10.3. The lowest BCUT2D eigenvalue weighted by molar-refractivity contribution is -0.160. The number of hydrogen-bond donors (Lipinski definition) is 7. The van der Waals surface area contributed by atoms with Gasteiger partial charge in [-0.3, -0.25) is 14.4 Å². The SMILES string of the molecule is CO[C@H]1/C=C/O[C@@]2(C)Oc3c(C)c(O)c4c(O)c(c(CN)c(O)c4c3C2=O)NC(=O)/C(C)=C\C=C\[C@H](C)[C@H](O)[C@@H](C)[C@@H](O)[C@@H](C)[C@H](OC(C)=O)[C@@H]1C. The summed E-state index contributed by atoms with van der Waals surface area (Å²) in [4.78, 5) is 39.7. The number of carbonyl (C=O) groups is 3. The first-order chi connectivity index (χ1) is 24.3. The van der Waals surface area contributed by atoms with Crippen LogP contribution in [0.2, 0.25) is 0 Å². The zero-order valence-electron chi connectivity index (χ0n) is 30.9. The van der Waals surface area contributed by atoms with Crippen LogP contribution in [0.4, 0.5) is 5.69 Å². The van der Waals surface area contributed by atoms with Crippen molar-refractivity contribution < 1.29 is 58.9 Å². The van der Waals surface area contributed by atoms with Crippen molar-refractivity contribution >= 4 is 34.1 Å². The molecule has 284 valence electrons. The largest absolute Gasteiger partial charge is 0.507 e. The molecule has 5 rings (SSSR count). The van der Waals surface area contributed by atoms with Gasteiger partial charge in [0.1, 0.15) is 23.4 Å². The second-order valence-electron chi connectivity index (χ2n) is 13.9. The number of benzene rings is 2. The van der Waals surface area contributed by atoms with Crippen LogP contribution in [0, 0.1) is 30.6 Å². The zero-order chi connectivity index (χ0) is 39.0. The van der Waals surface area contributed by atoms with Gasteiger partial charge >= 0.3 is 11.8 Å². The number of aliphatic hydroxyl groups is 2. The summed E-state index contributed by atoms with van der Waals surface area (Å²) in [7, 11) is 1.43. The van der Waals surface area contributed by atoms with Crippen LogP contribution >= 0.6 is 0 Å². The van der Waals surface area contributed by atoms with E-state index in [1.807, 2.05) is 0 Å². The molecule has 1 amide bonds. The highest BCUT2D eigenvalue weighted by Crippen LogP contribution is 2.55. The number of Topliss-reactive ketones (excluding diaryl/α,β-unsaturated/α-hetero) is 1. The second kappa shape index (κ2) is 15.5. The predicted molar refractivity (Wildman–Crippen MR) is 192 cm³/mol. The summed E-state index contributed by atoms with van der Waals surface area (Å²) in [5.74, 6) is -8.31. The number of phenolic OH excluding ortho intramolecular Hbond substituents is 3. The zero-order valence-corrected chi connectivity index (χ0v) is 30.9. The number of fused-ring (bicyclic) bond motifs is 14. The van der Waals surface area contributed by atoms with Crippen molar-refractivity contribution in [3.8, 4) is 23.0 Å². The van der Waals surface area contributed by atoms with Gasteiger partial charge in [-0.1, -0.05) is 45.9 Å². The van der Waals surface area contributed by atoms with E-state index >= 15 is 0 Å². The molecule has 0 saturated carbocycles. The Labute approximate surface area is 302 Å². The number of nitrogens with two attached hydrogens (primary N) is 1. The van der Waals surface area contributed by atoms with Gasteiger partial charge in [0.2, 0.25) is 0 Å². The fourth-order valence-electron chi connectivity index (χ4n) is 6.99. The van der Waals surface area contributed by atoms with E-state index < -0.39 is 88.8 Å². The monoisotopic (exact) mass is 726 g/mol. The molecule has 3 heterocycles. The number of nitrogens with one attached hydrogen (secondary N) is 1. The van der Waals surface area contributed by atoms with E-state index in [9.17, 15) is 39.9 Å². The lowest BCUT2D eigenvalue weighted by atomic mass is 9.78. The van der Waals surface area contributed by atoms with Crippen LogP contribution in [-0.2, 0) is 30.3 Å². The number of amides is 1. The summed E-state index contributed by atoms with van der Waals surface area (Å²) in [5, 5.41) is 59.0. The minimum absolute atomic E-state index is 0.0528. The van der Waals surface area contributed by atoms with E-state index in [2.05, 4.69) is 5.32 Å². The molecule has 2 aromatic carbocycles. The predicted octanol–water partition coefficient (Wildman–Crippen LogP) is 4.21. The molecule has 52 heavy (non-hydrogen) atoms. The molecule has 5 bridgehead atoms. The van der Waals surface area contributed by atoms with Gasteiger partial charge in [-0.05, 0) is 19.9 Å². The van der Waals surface area contributed by atoms with E-state index in [0.29, 0.717) is 0 Å². The number of hydrogen-bond acceptors (Lipinski definition) is 13. The fraction of sp³-hybridized carbons (Fsp3) is 0.500. The van der Waals surface area contributed by atoms with Gasteiger partial charge in [0.15, 0.2) is 5.75 Å². The summed E-state index contributed by atoms with van der Waals surface area (Å²) < 4.78 is 23.3. The van der Waals surface area contributed by atoms with Crippen LogP contribution in [0.1, 0.15) is 70.0 Å². The Hall–Kier alpha value is -4.63. The number of rotatable bonds is 3. The Kier molecular flexibility index (Phi) is 12.0. The molecule has 14 heteroatoms. The molecule has 0 fully saturated rings. The molecular weight excluding hydrogens is 676 g/mol. The van der Waals surface area contributed by atoms with Crippen molar-refractivity contribution in [1.82, 2.24) is 0 Å². The first-order valence-electron chi connectivity index (χ1n) is 17.1. The molecule has 0 aliphatic carbocycles. The highest BCUT2D eigenvalue weighted by Gasteiger charge is 2.50. The molecule has 0 radical (unpaired) electrons. The van der Waals surface area contributed by atoms with Crippen molar-refractivity contribution in [3.05, 3.63) is 52.8 Å². The molecule has 0 spiro atoms. The normalized spacial score (nSPS) is 32.4. The number of anilines is 1. The standard InChI is InChI=1S/C38H50N2O12/c1-16-11-10-12-17(2)37(48)40-28-23(15-39)32(45)25-26(33(28)46)31(44)21(6)35-27(25)36(47)38(8,52-35)50-14-13-24(49-9)18(3)34(51-22(7)41)20(5)30(43)19(4)29(16)42/h10-14,16,18-20,24,29-30,34,42-46H,15,39H2,1-9H3,(H,40,48)/b11-10+,14-13+,17-12-/t16-,18+,19+,20+,24-,29-,30+,34+,38-/m0/s1. The van der Waals surface area contributed by atoms with Crippen LogP contribution < -0.4 is 15.8 Å². The van der Waals surface area contributed by atoms with E-state index in [1.54, 1.807) is 39.8 Å². The van der Waals surface area contributed by atoms with E-state index in [4.69, 9.17) is 24.7 Å². The molecule has 14 nitrogen and oxygen atoms in total. The minimum Gasteiger partial charge on any atom is -0.507 e. The smallest absolute Gasteiger partial charge is 0.312 e. The number of esters is 1. The average Bonchev–Trinajstić information content (AvgIpc) is 3.36. The van der Waals surface area contributed by atoms with Crippen molar-refractivity contribution in [3.63, 3.8) is 0 Å². The van der Waals surface area contributed by atoms with Crippen molar-refractivity contribution in [1.29, 1.82) is 0 Å². The number of aromatic hydroxyl groups is 3. The Morgan fingerprint density at radius 3 is 2.21 bits per heavy atom. The van der Waals surface area contributed by atoms with Gasteiger partial charge in [0.25, 0.3) is 11.7 Å². The highest BCUT2D eigenvalue weighted by atomic mass is 16.7. The highest BCUT2D eigenvalue weighted by molar-refractivity contribution is 6.22. The Morgan fingerprint density at radius 1 is 0.962 bits per heavy atom. The van der Waals surface area contributed by atoms with Gasteiger partial charge in [-0.25, -0.2) is 0 Å². The van der Waals surface area contributed by atoms with Crippen molar-refractivity contribution in [2.75, 3.05) is 12.4 Å². The number of carbonyl (C=O) groups excluding carboxylic acids is 3. The summed E-state index contributed by atoms with van der Waals surface area (Å²) in [6, 6.07) is 0. The first kappa shape index (κ1) is 40.1. The summed E-state index contributed by atoms with van der Waals surface area (Å²) in [6.07, 6.45) is 3.52. The fourth-order valence-corrected chi connectivity index (χ4v) is 6.99. The van der Waals surface area contributed by atoms with Crippen molar-refractivity contribution in [2.45, 2.75) is 92.1 Å². The minimum atomic E-state index is -2.02. The van der Waals surface area contributed by atoms with E-state index in [-0.39, 0.29) is 51.0 Å². The Bertz CT molecular complexity index is 1830. The molecule has 2 aromatic rings. The number of allylic oxidation sites excluding steroid dienone is 2. The van der Waals surface area contributed by atoms with Crippen molar-refractivity contribution in [2.24, 2.45) is 29.4 Å². The summed E-state index contributed by atoms with van der Waals surface area (Å²) in [6.45, 7) is 12.0. The van der Waals surface area contributed by atoms with Gasteiger partial charge < -0.3 is 55.5 Å². The molecule has 3 aliphatic heterocycles. The van der Waals surface area contributed by atoms with Crippen LogP contribution in [0.25, 0.3) is 10.8 Å². The van der Waals surface area contributed by atoms with Gasteiger partial charge in [0, 0.05) is 73.3 Å². The molecule has 8 N–H and O–H groups in total. The summed E-state index contributed by atoms with van der Waals surface area (Å²) in [5.41, 5.74) is 5.65. The van der Waals surface area contributed by atoms with E-state index in [1.165, 1.54) is 53.2 Å². The number of phenols is 3. The second-order valence-corrected chi connectivity index (χ2v) is 13.9. The molecule has 0 saturated heterocycles. The van der Waals surface area contributed by atoms with Gasteiger partial charge in [-0.2, -0.15) is 0 Å². The number of aliphatic hydroxyl groups excluding tert-OH is 2. The average molecular weight is 727 g/mol. The molecule has 0 unspecified atom stereocenters. The molecule has 0 aromatic heterocycles. The molecule has 9 atom stereocenters. The van der Waals surface area contributed by atoms with Crippen LogP contribution in [0.3, 0.4) is 0 Å². The quantitative estimate of drug-likeness (QED) is 0.134. The van der Waals surface area contributed by atoms with Crippen LogP contribution in [0.15, 0.2) is 36.1 Å². The summed E-state index contributed by atoms with van der Waals surface area (Å²) >= 11 is 0.